The number of carbonyl (C=O) groups is 1. The Bertz CT molecular complexity index is 361. The van der Waals surface area contributed by atoms with Gasteiger partial charge in [-0.3, -0.25) is 0 Å². The van der Waals surface area contributed by atoms with E-state index in [1.54, 1.807) is 6.92 Å². The molecule has 0 unspecified atom stereocenters. The van der Waals surface area contributed by atoms with E-state index in [1.165, 1.54) is 0 Å². The summed E-state index contributed by atoms with van der Waals surface area (Å²) in [5.41, 5.74) is 0.436. The van der Waals surface area contributed by atoms with Crippen molar-refractivity contribution in [2.45, 2.75) is 26.9 Å². The number of aromatic nitrogens is 2. The van der Waals surface area contributed by atoms with Crippen molar-refractivity contribution in [2.24, 2.45) is 0 Å². The molecule has 0 aliphatic heterocycles. The number of imidazole rings is 1. The molecule has 5 heteroatoms. The second-order valence-electron chi connectivity index (χ2n) is 3.40. The molecule has 4 nitrogen and oxygen atoms in total. The molecule has 0 bridgehead atoms. The average Bonchev–Trinajstić information content (AvgIpc) is 2.65. The van der Waals surface area contributed by atoms with E-state index in [2.05, 4.69) is 18.1 Å². The minimum atomic E-state index is -0.328. The summed E-state index contributed by atoms with van der Waals surface area (Å²) in [6.07, 6.45) is 5.92. The normalized spacial score (nSPS) is 9.38. The monoisotopic (exact) mass is 244 g/mol. The summed E-state index contributed by atoms with van der Waals surface area (Å²) in [6.45, 7) is 9.22. The quantitative estimate of drug-likeness (QED) is 0.339. The molecule has 0 fully saturated rings. The van der Waals surface area contributed by atoms with Gasteiger partial charge in [0.05, 0.1) is 6.54 Å². The highest BCUT2D eigenvalue weighted by Crippen LogP contribution is 1.91. The second kappa shape index (κ2) is 7.06. The summed E-state index contributed by atoms with van der Waals surface area (Å²) in [5.74, 6) is -0.328. The predicted octanol–water partition coefficient (Wildman–Crippen LogP) is -2.08. The van der Waals surface area contributed by atoms with Crippen LogP contribution in [0.25, 0.3) is 0 Å². The van der Waals surface area contributed by atoms with Gasteiger partial charge in [0.15, 0.2) is 0 Å². The number of halogens is 1. The Kier molecular flexibility index (Phi) is 6.49. The van der Waals surface area contributed by atoms with Crippen LogP contribution in [0, 0.1) is 0 Å². The van der Waals surface area contributed by atoms with Crippen LogP contribution < -0.4 is 17.0 Å². The van der Waals surface area contributed by atoms with Crippen molar-refractivity contribution in [3.63, 3.8) is 0 Å². The van der Waals surface area contributed by atoms with Gasteiger partial charge in [0.1, 0.15) is 25.5 Å². The second-order valence-corrected chi connectivity index (χ2v) is 3.40. The molecule has 0 radical (unpaired) electrons. The Labute approximate surface area is 102 Å². The van der Waals surface area contributed by atoms with Gasteiger partial charge in [0, 0.05) is 5.57 Å². The standard InChI is InChI=1S/C11H17N2O2.ClH/c1-4-12-5-6-13(9-12)7-8-15-11(14)10(2)3;/h5-6,9H,2,4,7-8H2,1,3H3;1H/q+1;/p-1. The van der Waals surface area contributed by atoms with Gasteiger partial charge in [-0.15, -0.1) is 0 Å². The first-order valence-electron chi connectivity index (χ1n) is 5.01. The molecular formula is C11H17ClN2O2. The molecule has 90 valence electrons. The lowest BCUT2D eigenvalue weighted by Crippen LogP contribution is -3.00. The summed E-state index contributed by atoms with van der Waals surface area (Å²) >= 11 is 0. The molecule has 0 aliphatic rings. The van der Waals surface area contributed by atoms with E-state index in [9.17, 15) is 4.79 Å². The van der Waals surface area contributed by atoms with Gasteiger partial charge >= 0.3 is 5.97 Å². The van der Waals surface area contributed by atoms with E-state index in [1.807, 2.05) is 23.3 Å². The predicted molar refractivity (Wildman–Crippen MR) is 56.1 cm³/mol. The molecule has 0 atom stereocenters. The Morgan fingerprint density at radius 2 is 2.25 bits per heavy atom. The van der Waals surface area contributed by atoms with Crippen LogP contribution in [0.3, 0.4) is 0 Å². The summed E-state index contributed by atoms with van der Waals surface area (Å²) in [6, 6.07) is 0. The minimum Gasteiger partial charge on any atom is -1.00 e. The molecule has 1 heterocycles. The van der Waals surface area contributed by atoms with E-state index in [4.69, 9.17) is 4.74 Å². The lowest BCUT2D eigenvalue weighted by Gasteiger charge is -2.01. The van der Waals surface area contributed by atoms with Crippen molar-refractivity contribution in [2.75, 3.05) is 6.61 Å². The molecule has 0 saturated heterocycles. The third-order valence-corrected chi connectivity index (χ3v) is 2.04. The number of nitrogens with zero attached hydrogens (tertiary/aromatic N) is 2. The fourth-order valence-electron chi connectivity index (χ4n) is 1.13. The maximum atomic E-state index is 11.1. The van der Waals surface area contributed by atoms with Gasteiger partial charge in [-0.25, -0.2) is 13.9 Å². The Morgan fingerprint density at radius 3 is 2.75 bits per heavy atom. The SMILES string of the molecule is C=C(C)C(=O)OCC[n+]1ccn(CC)c1.[Cl-]. The summed E-state index contributed by atoms with van der Waals surface area (Å²) in [7, 11) is 0. The number of carbonyl (C=O) groups excluding carboxylic acids is 1. The highest BCUT2D eigenvalue weighted by atomic mass is 35.5. The molecular weight excluding hydrogens is 228 g/mol. The Morgan fingerprint density at radius 1 is 1.56 bits per heavy atom. The van der Waals surface area contributed by atoms with Crippen molar-refractivity contribution in [1.82, 2.24) is 4.57 Å². The number of ether oxygens (including phenoxy) is 1. The van der Waals surface area contributed by atoms with Crippen molar-refractivity contribution >= 4 is 5.97 Å². The van der Waals surface area contributed by atoms with Gasteiger partial charge in [-0.05, 0) is 13.8 Å². The molecule has 1 aromatic heterocycles. The topological polar surface area (TPSA) is 35.1 Å². The zero-order valence-electron chi connectivity index (χ0n) is 9.65. The van der Waals surface area contributed by atoms with Crippen molar-refractivity contribution in [1.29, 1.82) is 0 Å². The van der Waals surface area contributed by atoms with E-state index in [0.29, 0.717) is 18.7 Å². The first kappa shape index (κ1) is 14.7. The van der Waals surface area contributed by atoms with Crippen LogP contribution in [0.15, 0.2) is 30.9 Å². The zero-order valence-corrected chi connectivity index (χ0v) is 10.4. The molecule has 0 spiro atoms. The van der Waals surface area contributed by atoms with Crippen LogP contribution in [0.1, 0.15) is 13.8 Å². The molecule has 1 rings (SSSR count). The van der Waals surface area contributed by atoms with Crippen molar-refractivity contribution in [3.05, 3.63) is 30.9 Å². The first-order chi connectivity index (χ1) is 7.13. The molecule has 16 heavy (non-hydrogen) atoms. The summed E-state index contributed by atoms with van der Waals surface area (Å²) in [4.78, 5) is 11.1. The maximum absolute atomic E-state index is 11.1. The highest BCUT2D eigenvalue weighted by Gasteiger charge is 2.05. The molecule has 0 amide bonds. The lowest BCUT2D eigenvalue weighted by molar-refractivity contribution is -0.697. The van der Waals surface area contributed by atoms with E-state index in [0.717, 1.165) is 6.54 Å². The van der Waals surface area contributed by atoms with Crippen LogP contribution in [0.4, 0.5) is 0 Å². The number of hydrogen-bond donors (Lipinski definition) is 0. The van der Waals surface area contributed by atoms with Gasteiger partial charge < -0.3 is 17.1 Å². The van der Waals surface area contributed by atoms with Crippen molar-refractivity contribution in [3.8, 4) is 0 Å². The number of rotatable bonds is 5. The lowest BCUT2D eigenvalue weighted by atomic mass is 10.4. The fourth-order valence-corrected chi connectivity index (χ4v) is 1.13. The van der Waals surface area contributed by atoms with Crippen molar-refractivity contribution < 1.29 is 26.5 Å². The number of aryl methyl sites for hydroxylation is 1. The Balaban J connectivity index is 0.00000225. The summed E-state index contributed by atoms with van der Waals surface area (Å²) in [5, 5.41) is 0. The van der Waals surface area contributed by atoms with Crippen LogP contribution in [0.2, 0.25) is 0 Å². The maximum Gasteiger partial charge on any atom is 0.333 e. The molecule has 0 saturated carbocycles. The van der Waals surface area contributed by atoms with Crippen LogP contribution in [0.5, 0.6) is 0 Å². The Hall–Kier alpha value is -1.29. The van der Waals surface area contributed by atoms with Crippen LogP contribution >= 0.6 is 0 Å². The van der Waals surface area contributed by atoms with Crippen LogP contribution in [-0.2, 0) is 22.6 Å². The van der Waals surface area contributed by atoms with Gasteiger partial charge in [-0.2, -0.15) is 0 Å². The van der Waals surface area contributed by atoms with Gasteiger partial charge in [-0.1, -0.05) is 6.58 Å². The first-order valence-corrected chi connectivity index (χ1v) is 5.01. The minimum absolute atomic E-state index is 0. The van der Waals surface area contributed by atoms with E-state index in [-0.39, 0.29) is 18.4 Å². The van der Waals surface area contributed by atoms with E-state index < -0.39 is 0 Å². The smallest absolute Gasteiger partial charge is 0.333 e. The number of hydrogen-bond acceptors (Lipinski definition) is 2. The third kappa shape index (κ3) is 4.49. The summed E-state index contributed by atoms with van der Waals surface area (Å²) < 4.78 is 9.02. The van der Waals surface area contributed by atoms with Gasteiger partial charge in [0.2, 0.25) is 6.33 Å². The average molecular weight is 245 g/mol. The molecule has 0 aliphatic carbocycles. The van der Waals surface area contributed by atoms with Gasteiger partial charge in [0.25, 0.3) is 0 Å². The largest absolute Gasteiger partial charge is 1.00 e. The third-order valence-electron chi connectivity index (χ3n) is 2.04. The molecule has 0 N–H and O–H groups in total. The zero-order chi connectivity index (χ0) is 11.3. The fraction of sp³-hybridized carbons (Fsp3) is 0.455. The van der Waals surface area contributed by atoms with E-state index >= 15 is 0 Å². The number of esters is 1. The van der Waals surface area contributed by atoms with Crippen LogP contribution in [-0.4, -0.2) is 17.1 Å². The molecule has 1 aromatic rings. The highest BCUT2D eigenvalue weighted by molar-refractivity contribution is 5.86. The molecule has 0 aromatic carbocycles.